The fraction of sp³-hybridized carbons (Fsp3) is 0.382. The van der Waals surface area contributed by atoms with Gasteiger partial charge in [-0.15, -0.1) is 11.3 Å². The predicted molar refractivity (Wildman–Crippen MR) is 173 cm³/mol. The topological polar surface area (TPSA) is 75.5 Å². The van der Waals surface area contributed by atoms with Gasteiger partial charge in [-0.25, -0.2) is 9.78 Å². The van der Waals surface area contributed by atoms with E-state index in [1.165, 1.54) is 0 Å². The molecule has 43 heavy (non-hydrogen) atoms. The lowest BCUT2D eigenvalue weighted by atomic mass is 9.91. The van der Waals surface area contributed by atoms with Gasteiger partial charge in [0.25, 0.3) is 0 Å². The molecule has 1 unspecified atom stereocenters. The van der Waals surface area contributed by atoms with E-state index < -0.39 is 17.7 Å². The van der Waals surface area contributed by atoms with Crippen molar-refractivity contribution in [1.29, 1.82) is 0 Å². The molecule has 0 amide bonds. The van der Waals surface area contributed by atoms with E-state index in [-0.39, 0.29) is 6.61 Å². The van der Waals surface area contributed by atoms with Gasteiger partial charge in [-0.1, -0.05) is 23.7 Å². The smallest absolute Gasteiger partial charge is 0.339 e. The monoisotopic (exact) mass is 617 g/mol. The van der Waals surface area contributed by atoms with Crippen LogP contribution in [0.15, 0.2) is 48.5 Å². The van der Waals surface area contributed by atoms with Gasteiger partial charge in [0.15, 0.2) is 6.10 Å². The summed E-state index contributed by atoms with van der Waals surface area (Å²) in [5.74, 6) is -0.121. The van der Waals surface area contributed by atoms with E-state index in [1.54, 1.807) is 11.3 Å². The number of hydrogen-bond donors (Lipinski definition) is 0. The Morgan fingerprint density at radius 3 is 2.58 bits per heavy atom. The van der Waals surface area contributed by atoms with Gasteiger partial charge in [0.2, 0.25) is 0 Å². The van der Waals surface area contributed by atoms with Gasteiger partial charge in [0.1, 0.15) is 5.01 Å². The van der Waals surface area contributed by atoms with Gasteiger partial charge >= 0.3 is 5.97 Å². The molecule has 0 spiro atoms. The molecule has 1 saturated heterocycles. The van der Waals surface area contributed by atoms with Crippen LogP contribution in [0.5, 0.6) is 0 Å². The molecule has 1 aliphatic rings. The Balaban J connectivity index is 1.57. The summed E-state index contributed by atoms with van der Waals surface area (Å²) in [4.78, 5) is 18.6. The molecule has 2 atom stereocenters. The molecule has 6 rings (SSSR count). The van der Waals surface area contributed by atoms with Crippen LogP contribution in [0.25, 0.3) is 42.8 Å². The third-order valence-electron chi connectivity index (χ3n) is 7.74. The van der Waals surface area contributed by atoms with Crippen LogP contribution in [0, 0.1) is 6.92 Å². The van der Waals surface area contributed by atoms with Crippen molar-refractivity contribution in [2.75, 3.05) is 19.8 Å². The number of esters is 1. The van der Waals surface area contributed by atoms with Crippen molar-refractivity contribution >= 4 is 50.0 Å². The second-order valence-corrected chi connectivity index (χ2v) is 13.5. The molecular formula is C34H36ClN3O4S. The quantitative estimate of drug-likeness (QED) is 0.171. The minimum absolute atomic E-state index is 0.261. The lowest BCUT2D eigenvalue weighted by molar-refractivity contribution is -0.166. The molecule has 0 bridgehead atoms. The van der Waals surface area contributed by atoms with E-state index in [4.69, 9.17) is 35.9 Å². The van der Waals surface area contributed by atoms with Crippen LogP contribution >= 0.6 is 22.9 Å². The number of aromatic nitrogens is 3. The molecule has 0 N–H and O–H groups in total. The first-order chi connectivity index (χ1) is 20.5. The zero-order chi connectivity index (χ0) is 30.5. The number of aryl methyl sites for hydroxylation is 2. The summed E-state index contributed by atoms with van der Waals surface area (Å²) in [6, 6.07) is 16.2. The van der Waals surface area contributed by atoms with Crippen LogP contribution in [0.3, 0.4) is 0 Å². The van der Waals surface area contributed by atoms with Crippen molar-refractivity contribution in [3.8, 4) is 21.7 Å². The zero-order valence-corrected chi connectivity index (χ0v) is 26.9. The number of rotatable bonds is 7. The summed E-state index contributed by atoms with van der Waals surface area (Å²) in [5, 5.41) is 7.53. The van der Waals surface area contributed by atoms with Crippen molar-refractivity contribution in [2.24, 2.45) is 7.05 Å². The molecule has 1 aliphatic heterocycles. The first-order valence-corrected chi connectivity index (χ1v) is 15.8. The maximum Gasteiger partial charge on any atom is 0.339 e. The van der Waals surface area contributed by atoms with Gasteiger partial charge in [-0.05, 0) is 88.6 Å². The lowest BCUT2D eigenvalue weighted by Crippen LogP contribution is -2.29. The van der Waals surface area contributed by atoms with E-state index in [1.807, 2.05) is 76.7 Å². The van der Waals surface area contributed by atoms with E-state index in [9.17, 15) is 4.79 Å². The van der Waals surface area contributed by atoms with Crippen LogP contribution in [0.1, 0.15) is 63.0 Å². The lowest BCUT2D eigenvalue weighted by Gasteiger charge is -2.29. The highest BCUT2D eigenvalue weighted by Gasteiger charge is 2.33. The van der Waals surface area contributed by atoms with Crippen molar-refractivity contribution in [3.63, 3.8) is 0 Å². The molecule has 3 aromatic carbocycles. The van der Waals surface area contributed by atoms with E-state index in [2.05, 4.69) is 18.2 Å². The minimum atomic E-state index is -0.913. The summed E-state index contributed by atoms with van der Waals surface area (Å²) in [6.45, 7) is 11.4. The van der Waals surface area contributed by atoms with Gasteiger partial charge < -0.3 is 14.2 Å². The van der Waals surface area contributed by atoms with Gasteiger partial charge in [0, 0.05) is 46.7 Å². The molecule has 3 heterocycles. The van der Waals surface area contributed by atoms with E-state index in [0.29, 0.717) is 17.5 Å². The molecular weight excluding hydrogens is 582 g/mol. The van der Waals surface area contributed by atoms with Crippen molar-refractivity contribution in [3.05, 3.63) is 70.4 Å². The first-order valence-electron chi connectivity index (χ1n) is 14.6. The number of nitrogens with zero attached hydrogens (tertiary/aromatic N) is 3. The summed E-state index contributed by atoms with van der Waals surface area (Å²) >= 11 is 7.91. The highest BCUT2D eigenvalue weighted by molar-refractivity contribution is 7.22. The fourth-order valence-electron chi connectivity index (χ4n) is 5.85. The third kappa shape index (κ3) is 5.81. The average molecular weight is 618 g/mol. The fourth-order valence-corrected chi connectivity index (χ4v) is 7.10. The number of fused-ring (bicyclic) bond motifs is 2. The Hall–Kier alpha value is -3.30. The predicted octanol–water partition coefficient (Wildman–Crippen LogP) is 8.40. The minimum Gasteiger partial charge on any atom is -0.464 e. The highest BCUT2D eigenvalue weighted by atomic mass is 35.5. The molecule has 1 fully saturated rings. The summed E-state index contributed by atoms with van der Waals surface area (Å²) in [5.41, 5.74) is 6.99. The Morgan fingerprint density at radius 1 is 1.16 bits per heavy atom. The molecule has 2 aromatic heterocycles. The number of thiazole rings is 1. The molecule has 224 valence electrons. The largest absolute Gasteiger partial charge is 0.464 e. The Bertz CT molecular complexity index is 1810. The van der Waals surface area contributed by atoms with Crippen molar-refractivity contribution in [1.82, 2.24) is 14.8 Å². The molecule has 0 aliphatic carbocycles. The Morgan fingerprint density at radius 2 is 1.91 bits per heavy atom. The summed E-state index contributed by atoms with van der Waals surface area (Å²) in [6.07, 6.45) is 0.0610. The van der Waals surface area contributed by atoms with Gasteiger partial charge in [-0.2, -0.15) is 5.10 Å². The first kappa shape index (κ1) is 29.8. The van der Waals surface area contributed by atoms with Crippen LogP contribution in [0.2, 0.25) is 5.02 Å². The highest BCUT2D eigenvalue weighted by Crippen LogP contribution is 2.45. The van der Waals surface area contributed by atoms with E-state index in [0.717, 1.165) is 72.7 Å². The van der Waals surface area contributed by atoms with E-state index >= 15 is 0 Å². The molecule has 5 aromatic rings. The number of carbonyl (C=O) groups excluding carboxylic acids is 1. The maximum absolute atomic E-state index is 13.4. The zero-order valence-electron chi connectivity index (χ0n) is 25.4. The SMILES string of the molecule is CCOC(=O)[C@@H](OC(C)(C)C)c1c(C)cc2nc(-c3ccc4c(c3)c(C3CCOC3)nn4C)sc2c1-c1ccc(Cl)cc1. The Kier molecular flexibility index (Phi) is 8.07. The molecule has 0 radical (unpaired) electrons. The summed E-state index contributed by atoms with van der Waals surface area (Å²) < 4.78 is 20.6. The van der Waals surface area contributed by atoms with Crippen molar-refractivity contribution in [2.45, 2.75) is 58.7 Å². The normalized spacial score (nSPS) is 16.3. The number of ether oxygens (including phenoxy) is 3. The third-order valence-corrected chi connectivity index (χ3v) is 9.13. The van der Waals surface area contributed by atoms with Crippen LogP contribution in [-0.4, -0.2) is 46.2 Å². The van der Waals surface area contributed by atoms with Crippen LogP contribution in [-0.2, 0) is 26.1 Å². The average Bonchev–Trinajstić information content (AvgIpc) is 3.70. The van der Waals surface area contributed by atoms with Gasteiger partial charge in [0.05, 0.1) is 40.2 Å². The summed E-state index contributed by atoms with van der Waals surface area (Å²) in [7, 11) is 1.99. The van der Waals surface area contributed by atoms with Crippen LogP contribution < -0.4 is 0 Å². The second kappa shape index (κ2) is 11.7. The molecule has 0 saturated carbocycles. The maximum atomic E-state index is 13.4. The molecule has 9 heteroatoms. The number of carbonyl (C=O) groups is 1. The second-order valence-electron chi connectivity index (χ2n) is 12.0. The standard InChI is InChI=1S/C34H36ClN3O4S/c1-7-41-33(39)30(42-34(3,4)5)27-19(2)16-25-31(28(27)20-8-11-23(35)12-9-20)43-32(36-25)21-10-13-26-24(17-21)29(37-38(26)6)22-14-15-40-18-22/h8-13,16-17,22,30H,7,14-15,18H2,1-6H3/t22?,30-/m0/s1. The Labute approximate surface area is 260 Å². The van der Waals surface area contributed by atoms with Crippen LogP contribution in [0.4, 0.5) is 0 Å². The number of benzene rings is 3. The number of halogens is 1. The van der Waals surface area contributed by atoms with Gasteiger partial charge in [-0.3, -0.25) is 4.68 Å². The number of hydrogen-bond acceptors (Lipinski definition) is 7. The van der Waals surface area contributed by atoms with Crippen molar-refractivity contribution < 1.29 is 19.0 Å². The molecule has 7 nitrogen and oxygen atoms in total.